The lowest BCUT2D eigenvalue weighted by molar-refractivity contribution is -0.0971. The van der Waals surface area contributed by atoms with Crippen molar-refractivity contribution in [3.63, 3.8) is 0 Å². The van der Waals surface area contributed by atoms with E-state index in [9.17, 15) is 0 Å². The second-order valence-electron chi connectivity index (χ2n) is 3.26. The van der Waals surface area contributed by atoms with Crippen molar-refractivity contribution < 1.29 is 0 Å². The number of nitrogens with one attached hydrogen (secondary N) is 1. The van der Waals surface area contributed by atoms with Gasteiger partial charge in [0.1, 0.15) is 0 Å². The Kier molecular flexibility index (Phi) is 5.41. The molecule has 0 heterocycles. The zero-order chi connectivity index (χ0) is 9.72. The summed E-state index contributed by atoms with van der Waals surface area (Å²) in [7, 11) is 1.98. The van der Waals surface area contributed by atoms with Gasteiger partial charge in [-0.15, -0.1) is 0 Å². The molecule has 4 nitrogen and oxygen atoms in total. The lowest BCUT2D eigenvalue weighted by Gasteiger charge is -2.37. The summed E-state index contributed by atoms with van der Waals surface area (Å²) in [5.41, 5.74) is 8.99. The van der Waals surface area contributed by atoms with E-state index in [0.717, 1.165) is 6.54 Å². The van der Waals surface area contributed by atoms with Crippen LogP contribution >= 0.6 is 0 Å². The van der Waals surface area contributed by atoms with Gasteiger partial charge in [0.2, 0.25) is 0 Å². The molecule has 3 N–H and O–H groups in total. The van der Waals surface area contributed by atoms with Crippen LogP contribution in [0, 0.1) is 0 Å². The number of rotatable bonds is 5. The Bertz CT molecular complexity index is 114. The second-order valence-corrected chi connectivity index (χ2v) is 3.26. The third-order valence-corrected chi connectivity index (χ3v) is 1.74. The molecule has 0 saturated carbocycles. The molecule has 0 fully saturated rings. The van der Waals surface area contributed by atoms with Crippen LogP contribution in [0.2, 0.25) is 0 Å². The van der Waals surface area contributed by atoms with Crippen molar-refractivity contribution in [2.75, 3.05) is 13.6 Å². The second kappa shape index (κ2) is 5.48. The highest BCUT2D eigenvalue weighted by Gasteiger charge is 2.15. The molecule has 0 aromatic rings. The van der Waals surface area contributed by atoms with E-state index in [2.05, 4.69) is 26.2 Å². The molecule has 12 heavy (non-hydrogen) atoms. The average Bonchev–Trinajstić information content (AvgIpc) is 1.98. The minimum Gasteiger partial charge on any atom is -0.315 e. The fourth-order valence-electron chi connectivity index (χ4n) is 1.02. The first kappa shape index (κ1) is 11.8. The summed E-state index contributed by atoms with van der Waals surface area (Å²) in [6.45, 7) is 9.20. The van der Waals surface area contributed by atoms with Gasteiger partial charge in [-0.25, -0.2) is 10.4 Å². The molecule has 0 saturated heterocycles. The molecule has 0 aliphatic heterocycles. The van der Waals surface area contributed by atoms with Crippen LogP contribution in [0.5, 0.6) is 0 Å². The predicted octanol–water partition coefficient (Wildman–Crippen LogP) is 0.373. The molecule has 0 aliphatic rings. The normalized spacial score (nSPS) is 14.8. The summed E-state index contributed by atoms with van der Waals surface area (Å²) in [6, 6.07) is 0.418. The van der Waals surface area contributed by atoms with Crippen LogP contribution in [-0.4, -0.2) is 35.9 Å². The molecule has 0 radical (unpaired) electrons. The number of nitrogens with two attached hydrogens (primary N) is 1. The topological polar surface area (TPSA) is 44.5 Å². The van der Waals surface area contributed by atoms with E-state index >= 15 is 0 Å². The summed E-state index contributed by atoms with van der Waals surface area (Å²) in [4.78, 5) is 0. The van der Waals surface area contributed by atoms with E-state index in [4.69, 9.17) is 5.73 Å². The number of hydrogen-bond acceptors (Lipinski definition) is 4. The van der Waals surface area contributed by atoms with Crippen LogP contribution in [-0.2, 0) is 0 Å². The van der Waals surface area contributed by atoms with Crippen LogP contribution in [0.1, 0.15) is 27.7 Å². The summed E-state index contributed by atoms with van der Waals surface area (Å²) in [5, 5.41) is 4.04. The molecular formula is C8H22N4. The highest BCUT2D eigenvalue weighted by atomic mass is 15.8. The zero-order valence-electron chi connectivity index (χ0n) is 8.83. The van der Waals surface area contributed by atoms with Gasteiger partial charge in [-0.05, 0) is 20.8 Å². The smallest absolute Gasteiger partial charge is 0.0692 e. The molecule has 1 atom stereocenters. The largest absolute Gasteiger partial charge is 0.315 e. The summed E-state index contributed by atoms with van der Waals surface area (Å²) in [6.07, 6.45) is 0.0337. The Balaban J connectivity index is 4.09. The van der Waals surface area contributed by atoms with Crippen molar-refractivity contribution in [2.45, 2.75) is 39.9 Å². The minimum atomic E-state index is 0.0337. The molecule has 0 aromatic heterocycles. The lowest BCUT2D eigenvalue weighted by atomic mass is 10.4. The van der Waals surface area contributed by atoms with E-state index in [0.29, 0.717) is 6.04 Å². The Labute approximate surface area is 75.6 Å². The van der Waals surface area contributed by atoms with Crippen molar-refractivity contribution in [1.82, 2.24) is 15.6 Å². The van der Waals surface area contributed by atoms with Crippen LogP contribution in [0.4, 0.5) is 0 Å². The van der Waals surface area contributed by atoms with Crippen molar-refractivity contribution in [3.05, 3.63) is 0 Å². The van der Waals surface area contributed by atoms with E-state index in [1.165, 1.54) is 0 Å². The standard InChI is InChI=1S/C8H22N4/c1-6-10-12(7(2)3)11(5)8(4)9/h7-8,10H,6,9H2,1-5H3. The maximum absolute atomic E-state index is 5.75. The first-order valence-corrected chi connectivity index (χ1v) is 4.51. The lowest BCUT2D eigenvalue weighted by Crippen LogP contribution is -2.57. The molecule has 0 amide bonds. The number of hydrogen-bond donors (Lipinski definition) is 2. The fourth-order valence-corrected chi connectivity index (χ4v) is 1.02. The first-order chi connectivity index (χ1) is 5.50. The summed E-state index contributed by atoms with van der Waals surface area (Å²) >= 11 is 0. The minimum absolute atomic E-state index is 0.0337. The molecule has 0 spiro atoms. The van der Waals surface area contributed by atoms with Gasteiger partial charge in [0, 0.05) is 19.6 Å². The molecule has 0 aliphatic carbocycles. The van der Waals surface area contributed by atoms with Crippen molar-refractivity contribution >= 4 is 0 Å². The fraction of sp³-hybridized carbons (Fsp3) is 1.00. The summed E-state index contributed by atoms with van der Waals surface area (Å²) < 4.78 is 0. The van der Waals surface area contributed by atoms with E-state index in [-0.39, 0.29) is 6.17 Å². The predicted molar refractivity (Wildman–Crippen MR) is 52.1 cm³/mol. The maximum Gasteiger partial charge on any atom is 0.0692 e. The highest BCUT2D eigenvalue weighted by molar-refractivity contribution is 4.57. The van der Waals surface area contributed by atoms with Crippen LogP contribution in [0.15, 0.2) is 0 Å². The third-order valence-electron chi connectivity index (χ3n) is 1.74. The van der Waals surface area contributed by atoms with Gasteiger partial charge < -0.3 is 5.73 Å². The first-order valence-electron chi connectivity index (χ1n) is 4.51. The highest BCUT2D eigenvalue weighted by Crippen LogP contribution is 1.99. The van der Waals surface area contributed by atoms with E-state index in [1.54, 1.807) is 0 Å². The molecule has 0 rings (SSSR count). The Morgan fingerprint density at radius 3 is 2.08 bits per heavy atom. The van der Waals surface area contributed by atoms with Gasteiger partial charge in [-0.3, -0.25) is 0 Å². The third kappa shape index (κ3) is 3.49. The molecule has 4 heteroatoms. The van der Waals surface area contributed by atoms with Gasteiger partial charge in [0.15, 0.2) is 0 Å². The Hall–Kier alpha value is -0.160. The van der Waals surface area contributed by atoms with Gasteiger partial charge in [-0.1, -0.05) is 6.92 Å². The van der Waals surface area contributed by atoms with Crippen LogP contribution in [0.3, 0.4) is 0 Å². The van der Waals surface area contributed by atoms with Crippen molar-refractivity contribution in [2.24, 2.45) is 5.73 Å². The Morgan fingerprint density at radius 2 is 1.83 bits per heavy atom. The monoisotopic (exact) mass is 174 g/mol. The average molecular weight is 174 g/mol. The van der Waals surface area contributed by atoms with E-state index < -0.39 is 0 Å². The summed E-state index contributed by atoms with van der Waals surface area (Å²) in [5.74, 6) is 0. The zero-order valence-corrected chi connectivity index (χ0v) is 8.83. The van der Waals surface area contributed by atoms with Crippen molar-refractivity contribution in [3.8, 4) is 0 Å². The van der Waals surface area contributed by atoms with Gasteiger partial charge in [-0.2, -0.15) is 5.12 Å². The molecule has 0 bridgehead atoms. The van der Waals surface area contributed by atoms with Gasteiger partial charge in [0.05, 0.1) is 6.17 Å². The van der Waals surface area contributed by atoms with E-state index in [1.807, 2.05) is 24.1 Å². The number of hydrazine groups is 2. The van der Waals surface area contributed by atoms with Crippen molar-refractivity contribution in [1.29, 1.82) is 0 Å². The van der Waals surface area contributed by atoms with Crippen LogP contribution < -0.4 is 11.2 Å². The van der Waals surface area contributed by atoms with Gasteiger partial charge in [0.25, 0.3) is 0 Å². The molecule has 1 unspecified atom stereocenters. The Morgan fingerprint density at radius 1 is 1.33 bits per heavy atom. The molecule has 74 valence electrons. The maximum atomic E-state index is 5.75. The quantitative estimate of drug-likeness (QED) is 0.467. The van der Waals surface area contributed by atoms with Crippen LogP contribution in [0.25, 0.3) is 0 Å². The molecular weight excluding hydrogens is 152 g/mol. The number of nitrogens with zero attached hydrogens (tertiary/aromatic N) is 2. The van der Waals surface area contributed by atoms with Gasteiger partial charge >= 0.3 is 0 Å². The SMILES string of the molecule is CCNN(C(C)C)N(C)C(C)N. The molecule has 0 aromatic carbocycles.